The number of benzene rings is 3. The highest BCUT2D eigenvalue weighted by Crippen LogP contribution is 2.23. The quantitative estimate of drug-likeness (QED) is 0.298. The number of hydrogen-bond acceptors (Lipinski definition) is 3. The largest absolute Gasteiger partial charge is 0.471 e. The summed E-state index contributed by atoms with van der Waals surface area (Å²) in [5.41, 5.74) is 5.72. The van der Waals surface area contributed by atoms with Crippen molar-refractivity contribution >= 4 is 12.6 Å². The summed E-state index contributed by atoms with van der Waals surface area (Å²) in [5.74, 6) is 0.467. The second kappa shape index (κ2) is 8.66. The van der Waals surface area contributed by atoms with Crippen LogP contribution in [0.3, 0.4) is 0 Å². The summed E-state index contributed by atoms with van der Waals surface area (Å²) in [6, 6.07) is 26.9. The van der Waals surface area contributed by atoms with Crippen molar-refractivity contribution in [2.24, 2.45) is 10.2 Å². The van der Waals surface area contributed by atoms with E-state index >= 15 is 0 Å². The van der Waals surface area contributed by atoms with Gasteiger partial charge in [-0.15, -0.1) is 5.10 Å². The normalized spacial score (nSPS) is 11.9. The topological polar surface area (TPSA) is 34.0 Å². The molecule has 28 heavy (non-hydrogen) atoms. The van der Waals surface area contributed by atoms with Gasteiger partial charge in [0.05, 0.1) is 0 Å². The maximum Gasteiger partial charge on any atom is 0.241 e. The molecular formula is C25H26N2O. The zero-order valence-electron chi connectivity index (χ0n) is 16.7. The standard InChI is InChI=1S/C25H26N2O/c1-25(2,3)23-16-10-19(11-17-23)18-28-24(27-26-4)22-14-12-21(13-15-22)20-8-6-5-7-9-20/h5-17H,4,18H2,1-3H3/b27-24-. The maximum absolute atomic E-state index is 5.94. The molecule has 3 nitrogen and oxygen atoms in total. The zero-order valence-corrected chi connectivity index (χ0v) is 16.7. The number of hydrogen-bond donors (Lipinski definition) is 0. The summed E-state index contributed by atoms with van der Waals surface area (Å²) in [7, 11) is 0. The molecule has 0 aliphatic rings. The van der Waals surface area contributed by atoms with E-state index in [1.807, 2.05) is 30.3 Å². The van der Waals surface area contributed by atoms with E-state index in [1.165, 1.54) is 11.1 Å². The highest BCUT2D eigenvalue weighted by Gasteiger charge is 2.13. The van der Waals surface area contributed by atoms with Crippen LogP contribution in [0, 0.1) is 0 Å². The van der Waals surface area contributed by atoms with E-state index in [0.29, 0.717) is 12.5 Å². The minimum Gasteiger partial charge on any atom is -0.471 e. The molecule has 0 atom stereocenters. The lowest BCUT2D eigenvalue weighted by Gasteiger charge is -2.19. The Hall–Kier alpha value is -3.20. The molecule has 0 heterocycles. The average Bonchev–Trinajstić information content (AvgIpc) is 2.71. The summed E-state index contributed by atoms with van der Waals surface area (Å²) < 4.78 is 5.94. The van der Waals surface area contributed by atoms with Gasteiger partial charge in [-0.3, -0.25) is 0 Å². The Bertz CT molecular complexity index is 935. The summed E-state index contributed by atoms with van der Waals surface area (Å²) in [6.07, 6.45) is 0. The third-order valence-electron chi connectivity index (χ3n) is 4.60. The van der Waals surface area contributed by atoms with Crippen LogP contribution >= 0.6 is 0 Å². The zero-order chi connectivity index (χ0) is 20.0. The Labute approximate surface area is 167 Å². The molecule has 0 unspecified atom stereocenters. The molecule has 3 aromatic rings. The van der Waals surface area contributed by atoms with Crippen molar-refractivity contribution in [3.05, 3.63) is 95.6 Å². The van der Waals surface area contributed by atoms with Crippen LogP contribution in [-0.2, 0) is 16.8 Å². The molecule has 0 bridgehead atoms. The molecule has 0 fully saturated rings. The van der Waals surface area contributed by atoms with Gasteiger partial charge in [0, 0.05) is 12.3 Å². The van der Waals surface area contributed by atoms with Crippen LogP contribution in [0.15, 0.2) is 89.1 Å². The fourth-order valence-electron chi connectivity index (χ4n) is 2.92. The van der Waals surface area contributed by atoms with Gasteiger partial charge in [-0.2, -0.15) is 5.10 Å². The fourth-order valence-corrected chi connectivity index (χ4v) is 2.92. The molecule has 0 aliphatic carbocycles. The molecule has 3 rings (SSSR count). The van der Waals surface area contributed by atoms with Gasteiger partial charge in [-0.1, -0.05) is 87.5 Å². The molecule has 142 valence electrons. The lowest BCUT2D eigenvalue weighted by Crippen LogP contribution is -2.11. The summed E-state index contributed by atoms with van der Waals surface area (Å²) >= 11 is 0. The lowest BCUT2D eigenvalue weighted by atomic mass is 9.87. The maximum atomic E-state index is 5.94. The first kappa shape index (κ1) is 19.6. The van der Waals surface area contributed by atoms with Crippen molar-refractivity contribution in [2.45, 2.75) is 32.8 Å². The molecule has 0 saturated heterocycles. The Morgan fingerprint density at radius 2 is 1.43 bits per heavy atom. The second-order valence-electron chi connectivity index (χ2n) is 7.73. The second-order valence-corrected chi connectivity index (χ2v) is 7.73. The van der Waals surface area contributed by atoms with Crippen molar-refractivity contribution in [3.8, 4) is 11.1 Å². The number of rotatable bonds is 5. The Morgan fingerprint density at radius 3 is 2.00 bits per heavy atom. The van der Waals surface area contributed by atoms with Crippen LogP contribution in [0.25, 0.3) is 11.1 Å². The Kier molecular flexibility index (Phi) is 6.05. The smallest absolute Gasteiger partial charge is 0.241 e. The van der Waals surface area contributed by atoms with Crippen molar-refractivity contribution < 1.29 is 4.74 Å². The van der Waals surface area contributed by atoms with E-state index in [-0.39, 0.29) is 5.41 Å². The van der Waals surface area contributed by atoms with Crippen molar-refractivity contribution in [1.82, 2.24) is 0 Å². The summed E-state index contributed by atoms with van der Waals surface area (Å²) in [4.78, 5) is 0. The molecule has 0 radical (unpaired) electrons. The van der Waals surface area contributed by atoms with E-state index in [2.05, 4.69) is 86.2 Å². The third-order valence-corrected chi connectivity index (χ3v) is 4.60. The van der Waals surface area contributed by atoms with Crippen LogP contribution in [0.1, 0.15) is 37.5 Å². The van der Waals surface area contributed by atoms with Gasteiger partial charge in [-0.05, 0) is 39.8 Å². The van der Waals surface area contributed by atoms with Gasteiger partial charge >= 0.3 is 0 Å². The molecule has 0 amide bonds. The predicted molar refractivity (Wildman–Crippen MR) is 118 cm³/mol. The predicted octanol–water partition coefficient (Wildman–Crippen LogP) is 6.23. The SMILES string of the molecule is C=N/N=C(\OCc1ccc(C(C)(C)C)cc1)c1ccc(-c2ccccc2)cc1. The van der Waals surface area contributed by atoms with Crippen molar-refractivity contribution in [3.63, 3.8) is 0 Å². The van der Waals surface area contributed by atoms with E-state index in [0.717, 1.165) is 16.7 Å². The van der Waals surface area contributed by atoms with Crippen LogP contribution in [-0.4, -0.2) is 12.6 Å². The van der Waals surface area contributed by atoms with Crippen LogP contribution in [0.2, 0.25) is 0 Å². The Morgan fingerprint density at radius 1 is 0.821 bits per heavy atom. The first-order valence-corrected chi connectivity index (χ1v) is 9.39. The molecule has 3 heteroatoms. The van der Waals surface area contributed by atoms with Crippen molar-refractivity contribution in [1.29, 1.82) is 0 Å². The van der Waals surface area contributed by atoms with Gasteiger partial charge in [0.1, 0.15) is 6.61 Å². The van der Waals surface area contributed by atoms with Gasteiger partial charge in [-0.25, -0.2) is 0 Å². The van der Waals surface area contributed by atoms with E-state index in [9.17, 15) is 0 Å². The molecular weight excluding hydrogens is 344 g/mol. The minimum atomic E-state index is 0.138. The molecule has 0 aromatic heterocycles. The van der Waals surface area contributed by atoms with Gasteiger partial charge in [0.2, 0.25) is 5.90 Å². The third kappa shape index (κ3) is 4.95. The van der Waals surface area contributed by atoms with Crippen LogP contribution in [0.5, 0.6) is 0 Å². The monoisotopic (exact) mass is 370 g/mol. The Balaban J connectivity index is 1.72. The first-order chi connectivity index (χ1) is 13.5. The molecule has 0 N–H and O–H groups in total. The molecule has 3 aromatic carbocycles. The van der Waals surface area contributed by atoms with E-state index in [4.69, 9.17) is 4.74 Å². The van der Waals surface area contributed by atoms with E-state index < -0.39 is 0 Å². The summed E-state index contributed by atoms with van der Waals surface area (Å²) in [5, 5.41) is 7.74. The van der Waals surface area contributed by atoms with Gasteiger partial charge in [0.25, 0.3) is 0 Å². The first-order valence-electron chi connectivity index (χ1n) is 9.39. The lowest BCUT2D eigenvalue weighted by molar-refractivity contribution is 0.292. The average molecular weight is 370 g/mol. The minimum absolute atomic E-state index is 0.138. The van der Waals surface area contributed by atoms with Crippen molar-refractivity contribution in [2.75, 3.05) is 0 Å². The van der Waals surface area contributed by atoms with Gasteiger partial charge in [0.15, 0.2) is 0 Å². The number of ether oxygens (including phenoxy) is 1. The molecule has 0 saturated carbocycles. The number of nitrogens with zero attached hydrogens (tertiary/aromatic N) is 2. The molecule has 0 aliphatic heterocycles. The highest BCUT2D eigenvalue weighted by atomic mass is 16.5. The van der Waals surface area contributed by atoms with E-state index in [1.54, 1.807) is 0 Å². The summed E-state index contributed by atoms with van der Waals surface area (Å²) in [6.45, 7) is 10.5. The fraction of sp³-hybridized carbons (Fsp3) is 0.200. The highest BCUT2D eigenvalue weighted by molar-refractivity contribution is 5.94. The van der Waals surface area contributed by atoms with Crippen LogP contribution in [0.4, 0.5) is 0 Å². The van der Waals surface area contributed by atoms with Crippen LogP contribution < -0.4 is 0 Å². The van der Waals surface area contributed by atoms with Gasteiger partial charge < -0.3 is 4.74 Å². The molecule has 0 spiro atoms.